The standard InChI is InChI=1S/C21H27N5O5S2.3H2/c1-2-22-21(28)31-16-7-11-25(12-8-16)18-9-13-26(19(18)27)15-3-5-17(6-4-15)33(29,30)24-20-23-10-14-32-20;;;/h3-6,10,14,16,18H,2,7-9,11-13H2,1H3,(H,22,28)(H,23,24);3*1H/t18-;;;/m0.../s1. The number of sulfonamides is 1. The minimum atomic E-state index is -3.74. The Hall–Kier alpha value is -2.70. The summed E-state index contributed by atoms with van der Waals surface area (Å²) in [5, 5.41) is 4.63. The molecule has 2 aromatic rings. The Morgan fingerprint density at radius 2 is 1.94 bits per heavy atom. The Morgan fingerprint density at radius 3 is 2.58 bits per heavy atom. The maximum atomic E-state index is 13.1. The number of ether oxygens (including phenoxy) is 1. The number of amides is 2. The molecule has 2 aliphatic heterocycles. The van der Waals surface area contributed by atoms with Crippen LogP contribution in [-0.4, -0.2) is 68.6 Å². The highest BCUT2D eigenvalue weighted by molar-refractivity contribution is 7.93. The number of hydrogen-bond donors (Lipinski definition) is 2. The van der Waals surface area contributed by atoms with Crippen molar-refractivity contribution in [2.75, 3.05) is 35.8 Å². The maximum Gasteiger partial charge on any atom is 0.407 e. The van der Waals surface area contributed by atoms with Crippen molar-refractivity contribution < 1.29 is 27.0 Å². The van der Waals surface area contributed by atoms with Gasteiger partial charge in [0.15, 0.2) is 5.13 Å². The summed E-state index contributed by atoms with van der Waals surface area (Å²) in [4.78, 5) is 32.6. The zero-order chi connectivity index (χ0) is 23.4. The van der Waals surface area contributed by atoms with Gasteiger partial charge in [0.05, 0.1) is 10.9 Å². The van der Waals surface area contributed by atoms with Gasteiger partial charge < -0.3 is 15.0 Å². The van der Waals surface area contributed by atoms with E-state index in [4.69, 9.17) is 4.74 Å². The van der Waals surface area contributed by atoms with Crippen molar-refractivity contribution in [1.82, 2.24) is 15.2 Å². The van der Waals surface area contributed by atoms with Crippen LogP contribution >= 0.6 is 11.3 Å². The van der Waals surface area contributed by atoms with Crippen molar-refractivity contribution in [3.8, 4) is 0 Å². The van der Waals surface area contributed by atoms with Crippen molar-refractivity contribution >= 4 is 44.2 Å². The third-order valence-corrected chi connectivity index (χ3v) is 7.97. The number of aromatic nitrogens is 1. The van der Waals surface area contributed by atoms with E-state index < -0.39 is 16.1 Å². The summed E-state index contributed by atoms with van der Waals surface area (Å²) in [5.41, 5.74) is 0.671. The van der Waals surface area contributed by atoms with E-state index in [1.54, 1.807) is 22.4 Å². The van der Waals surface area contributed by atoms with Gasteiger partial charge >= 0.3 is 6.09 Å². The van der Waals surface area contributed by atoms with Gasteiger partial charge in [-0.25, -0.2) is 18.2 Å². The third kappa shape index (κ3) is 5.45. The molecular formula is C21H33N5O5S2. The summed E-state index contributed by atoms with van der Waals surface area (Å²) in [6.07, 6.45) is 3.09. The predicted octanol–water partition coefficient (Wildman–Crippen LogP) is 3.00. The van der Waals surface area contributed by atoms with Gasteiger partial charge in [-0.15, -0.1) is 11.3 Å². The van der Waals surface area contributed by atoms with Crippen LogP contribution in [0, 0.1) is 0 Å². The number of carbonyl (C=O) groups excluding carboxylic acids is 2. The van der Waals surface area contributed by atoms with Crippen molar-refractivity contribution in [3.05, 3.63) is 35.8 Å². The summed E-state index contributed by atoms with van der Waals surface area (Å²) in [5.74, 6) is 0.00890. The molecule has 0 radical (unpaired) electrons. The highest BCUT2D eigenvalue weighted by atomic mass is 32.2. The summed E-state index contributed by atoms with van der Waals surface area (Å²) in [6.45, 7) is 4.32. The molecule has 4 rings (SSSR count). The Balaban J connectivity index is 0.00000216. The minimum absolute atomic E-state index is 0. The molecular weight excluding hydrogens is 466 g/mol. The van der Waals surface area contributed by atoms with Gasteiger partial charge in [-0.2, -0.15) is 0 Å². The second kappa shape index (κ2) is 10.1. The third-order valence-electron chi connectivity index (χ3n) is 5.80. The molecule has 0 unspecified atom stereocenters. The molecule has 1 aromatic heterocycles. The average Bonchev–Trinajstić information content (AvgIpc) is 3.44. The van der Waals surface area contributed by atoms with Gasteiger partial charge in [0.2, 0.25) is 5.91 Å². The van der Waals surface area contributed by atoms with Crippen LogP contribution < -0.4 is 14.9 Å². The number of piperidine rings is 1. The largest absolute Gasteiger partial charge is 0.446 e. The molecule has 12 heteroatoms. The van der Waals surface area contributed by atoms with Gasteiger partial charge in [0.1, 0.15) is 6.10 Å². The van der Waals surface area contributed by atoms with Crippen LogP contribution in [0.4, 0.5) is 15.6 Å². The number of nitrogens with one attached hydrogen (secondary N) is 2. The summed E-state index contributed by atoms with van der Waals surface area (Å²) in [6, 6.07) is 6.09. The first-order chi connectivity index (χ1) is 15.9. The molecule has 0 spiro atoms. The number of benzene rings is 1. The topological polar surface area (TPSA) is 121 Å². The predicted molar refractivity (Wildman–Crippen MR) is 131 cm³/mol. The highest BCUT2D eigenvalue weighted by Gasteiger charge is 2.38. The fraction of sp³-hybridized carbons (Fsp3) is 0.476. The molecule has 2 aliphatic rings. The lowest BCUT2D eigenvalue weighted by Crippen LogP contribution is -2.47. The molecule has 0 bridgehead atoms. The second-order valence-electron chi connectivity index (χ2n) is 7.90. The molecule has 2 fully saturated rings. The van der Waals surface area contributed by atoms with E-state index in [-0.39, 0.29) is 27.2 Å². The van der Waals surface area contributed by atoms with Gasteiger partial charge in [-0.3, -0.25) is 14.4 Å². The fourth-order valence-electron chi connectivity index (χ4n) is 4.16. The molecule has 10 nitrogen and oxygen atoms in total. The van der Waals surface area contributed by atoms with E-state index >= 15 is 0 Å². The number of hydrogen-bond acceptors (Lipinski definition) is 8. The van der Waals surface area contributed by atoms with Crippen molar-refractivity contribution in [2.24, 2.45) is 0 Å². The lowest BCUT2D eigenvalue weighted by atomic mass is 10.0. The van der Waals surface area contributed by atoms with E-state index in [9.17, 15) is 18.0 Å². The maximum absolute atomic E-state index is 13.1. The monoisotopic (exact) mass is 499 g/mol. The Labute approximate surface area is 201 Å². The van der Waals surface area contributed by atoms with Crippen LogP contribution in [0.15, 0.2) is 40.7 Å². The first-order valence-electron chi connectivity index (χ1n) is 10.9. The van der Waals surface area contributed by atoms with Crippen LogP contribution in [0.3, 0.4) is 0 Å². The van der Waals surface area contributed by atoms with Gasteiger partial charge in [0, 0.05) is 47.7 Å². The Kier molecular flexibility index (Phi) is 7.15. The molecule has 3 heterocycles. The zero-order valence-electron chi connectivity index (χ0n) is 18.3. The van der Waals surface area contributed by atoms with Crippen LogP contribution in [0.1, 0.15) is 30.5 Å². The van der Waals surface area contributed by atoms with E-state index in [2.05, 4.69) is 19.9 Å². The number of thiazole rings is 1. The average molecular weight is 500 g/mol. The first-order valence-corrected chi connectivity index (χ1v) is 13.3. The normalized spacial score (nSPS) is 20.1. The molecule has 33 heavy (non-hydrogen) atoms. The lowest BCUT2D eigenvalue weighted by Gasteiger charge is -2.34. The van der Waals surface area contributed by atoms with E-state index in [0.29, 0.717) is 56.3 Å². The number of alkyl carbamates (subject to hydrolysis) is 1. The quantitative estimate of drug-likeness (QED) is 0.601. The molecule has 0 saturated carbocycles. The summed E-state index contributed by atoms with van der Waals surface area (Å²) >= 11 is 1.20. The summed E-state index contributed by atoms with van der Waals surface area (Å²) < 4.78 is 32.9. The lowest BCUT2D eigenvalue weighted by molar-refractivity contribution is -0.122. The van der Waals surface area contributed by atoms with Crippen molar-refractivity contribution in [3.63, 3.8) is 0 Å². The first kappa shape index (κ1) is 23.5. The number of rotatable bonds is 7. The number of nitrogens with zero attached hydrogens (tertiary/aromatic N) is 3. The van der Waals surface area contributed by atoms with Crippen molar-refractivity contribution in [2.45, 2.75) is 43.2 Å². The highest BCUT2D eigenvalue weighted by Crippen LogP contribution is 2.28. The Bertz CT molecular complexity index is 1080. The van der Waals surface area contributed by atoms with Crippen molar-refractivity contribution in [1.29, 1.82) is 0 Å². The molecule has 1 aromatic carbocycles. The molecule has 2 N–H and O–H groups in total. The van der Waals surface area contributed by atoms with E-state index in [1.165, 1.54) is 29.7 Å². The molecule has 184 valence electrons. The molecule has 1 atom stereocenters. The number of likely N-dealkylation sites (tertiary alicyclic amines) is 1. The number of anilines is 2. The van der Waals surface area contributed by atoms with Crippen LogP contribution in [0.2, 0.25) is 0 Å². The zero-order valence-corrected chi connectivity index (χ0v) is 19.9. The van der Waals surface area contributed by atoms with Gasteiger partial charge in [-0.05, 0) is 50.5 Å². The number of carbonyl (C=O) groups is 2. The minimum Gasteiger partial charge on any atom is -0.446 e. The van der Waals surface area contributed by atoms with E-state index in [1.807, 2.05) is 6.92 Å². The van der Waals surface area contributed by atoms with Gasteiger partial charge in [-0.1, -0.05) is 0 Å². The van der Waals surface area contributed by atoms with Gasteiger partial charge in [0.25, 0.3) is 10.0 Å². The smallest absolute Gasteiger partial charge is 0.407 e. The fourth-order valence-corrected chi connectivity index (χ4v) is 5.94. The SMILES string of the molecule is CCNC(=O)OC1CCN([C@H]2CCN(c3ccc(S(=O)(=O)Nc4nccs4)cc3)C2=O)CC1.[HH].[HH].[HH]. The molecule has 2 amide bonds. The van der Waals surface area contributed by atoms with Crippen LogP contribution in [0.5, 0.6) is 0 Å². The molecule has 0 aliphatic carbocycles. The van der Waals surface area contributed by atoms with Crippen LogP contribution in [0.25, 0.3) is 0 Å². The Morgan fingerprint density at radius 1 is 1.21 bits per heavy atom. The van der Waals surface area contributed by atoms with E-state index in [0.717, 1.165) is 0 Å². The second-order valence-corrected chi connectivity index (χ2v) is 10.5. The summed E-state index contributed by atoms with van der Waals surface area (Å²) in [7, 11) is -3.74. The molecule has 2 saturated heterocycles. The van der Waals surface area contributed by atoms with Crippen LogP contribution in [-0.2, 0) is 19.6 Å².